The van der Waals surface area contributed by atoms with Gasteiger partial charge in [-0.15, -0.1) is 0 Å². The Bertz CT molecular complexity index is 1200. The van der Waals surface area contributed by atoms with E-state index in [0.29, 0.717) is 21.2 Å². The fraction of sp³-hybridized carbons (Fsp3) is 0.200. The van der Waals surface area contributed by atoms with Gasteiger partial charge in [0.1, 0.15) is 12.2 Å². The number of hydrogen-bond donors (Lipinski definition) is 1. The molecule has 3 aromatic rings. The average molecular weight is 489 g/mol. The van der Waals surface area contributed by atoms with Crippen molar-refractivity contribution >= 4 is 40.7 Å². The Morgan fingerprint density at radius 2 is 1.73 bits per heavy atom. The molecule has 1 saturated heterocycles. The van der Waals surface area contributed by atoms with Crippen LogP contribution in [0.25, 0.3) is 11.1 Å². The molecule has 2 amide bonds. The minimum atomic E-state index is -1.34. The number of anilines is 1. The van der Waals surface area contributed by atoms with Gasteiger partial charge in [-0.05, 0) is 29.8 Å². The summed E-state index contributed by atoms with van der Waals surface area (Å²) in [5.74, 6) is -1.71. The molecule has 0 aliphatic carbocycles. The predicted molar refractivity (Wildman–Crippen MR) is 126 cm³/mol. The van der Waals surface area contributed by atoms with Crippen molar-refractivity contribution in [3.05, 3.63) is 88.2 Å². The summed E-state index contributed by atoms with van der Waals surface area (Å²) in [7, 11) is 0. The summed E-state index contributed by atoms with van der Waals surface area (Å²) in [6.07, 6.45) is -1.52. The smallest absolute Gasteiger partial charge is 0.247 e. The molecule has 4 nitrogen and oxygen atoms in total. The topological polar surface area (TPSA) is 49.4 Å². The van der Waals surface area contributed by atoms with Crippen molar-refractivity contribution < 1.29 is 18.4 Å². The average Bonchev–Trinajstić information content (AvgIpc) is 3.18. The Morgan fingerprint density at radius 1 is 1.00 bits per heavy atom. The van der Waals surface area contributed by atoms with E-state index in [9.17, 15) is 14.0 Å². The van der Waals surface area contributed by atoms with E-state index in [1.165, 1.54) is 11.0 Å². The van der Waals surface area contributed by atoms with E-state index in [1.807, 2.05) is 0 Å². The lowest BCUT2D eigenvalue weighted by Gasteiger charge is -2.24. The van der Waals surface area contributed by atoms with Gasteiger partial charge in [0.25, 0.3) is 0 Å². The largest absolute Gasteiger partial charge is 0.327 e. The molecule has 2 unspecified atom stereocenters. The second kappa shape index (κ2) is 9.89. The van der Waals surface area contributed by atoms with E-state index < -0.39 is 29.8 Å². The molecule has 0 saturated carbocycles. The molecule has 1 aliphatic heterocycles. The summed E-state index contributed by atoms with van der Waals surface area (Å²) < 4.78 is 29.4. The van der Waals surface area contributed by atoms with Crippen molar-refractivity contribution in [3.63, 3.8) is 0 Å². The fourth-order valence-corrected chi connectivity index (χ4v) is 4.41. The number of likely N-dealkylation sites (tertiary alicyclic amines) is 1. The van der Waals surface area contributed by atoms with E-state index in [2.05, 4.69) is 5.32 Å². The van der Waals surface area contributed by atoms with Crippen LogP contribution in [0, 0.1) is 5.82 Å². The van der Waals surface area contributed by atoms with Crippen LogP contribution < -0.4 is 5.32 Å². The lowest BCUT2D eigenvalue weighted by molar-refractivity contribution is -0.136. The van der Waals surface area contributed by atoms with Gasteiger partial charge in [-0.3, -0.25) is 9.59 Å². The Hall–Kier alpha value is -2.96. The first kappa shape index (κ1) is 23.2. The predicted octanol–water partition coefficient (Wildman–Crippen LogP) is 5.92. The second-order valence-corrected chi connectivity index (χ2v) is 8.68. The van der Waals surface area contributed by atoms with E-state index in [4.69, 9.17) is 23.2 Å². The number of nitrogens with zero attached hydrogens (tertiary/aromatic N) is 1. The molecule has 33 heavy (non-hydrogen) atoms. The number of carbonyl (C=O) groups is 2. The van der Waals surface area contributed by atoms with Crippen LogP contribution in [0.3, 0.4) is 0 Å². The minimum Gasteiger partial charge on any atom is -0.327 e. The quantitative estimate of drug-likeness (QED) is 0.484. The second-order valence-electron chi connectivity index (χ2n) is 7.84. The van der Waals surface area contributed by atoms with Gasteiger partial charge in [0.2, 0.25) is 11.8 Å². The van der Waals surface area contributed by atoms with Crippen molar-refractivity contribution in [3.8, 4) is 11.1 Å². The number of halogens is 4. The number of amides is 2. The van der Waals surface area contributed by atoms with Gasteiger partial charge in [0.15, 0.2) is 5.82 Å². The Labute approximate surface area is 200 Å². The minimum absolute atomic E-state index is 0.0204. The molecule has 170 valence electrons. The maximum Gasteiger partial charge on any atom is 0.247 e. The highest BCUT2D eigenvalue weighted by Crippen LogP contribution is 2.33. The molecule has 0 spiro atoms. The highest BCUT2D eigenvalue weighted by atomic mass is 35.5. The number of hydrogen-bond acceptors (Lipinski definition) is 2. The van der Waals surface area contributed by atoms with Crippen molar-refractivity contribution in [2.75, 3.05) is 11.9 Å². The zero-order valence-corrected chi connectivity index (χ0v) is 18.9. The molecule has 0 bridgehead atoms. The number of rotatable bonds is 5. The van der Waals surface area contributed by atoms with E-state index in [-0.39, 0.29) is 30.6 Å². The summed E-state index contributed by atoms with van der Waals surface area (Å²) in [5.41, 5.74) is 1.30. The lowest BCUT2D eigenvalue weighted by atomic mass is 10.0. The standard InChI is InChI=1S/C25H20Cl2F2N2O2/c26-16-6-3-5-15(11-16)12-23(32)31-14-17(28)13-22(31)25(33)30-21-10-4-8-19(24(21)29)18-7-1-2-9-20(18)27/h1-11,17,22H,12-14H2,(H,30,33). The summed E-state index contributed by atoms with van der Waals surface area (Å²) in [4.78, 5) is 27.0. The molecule has 1 N–H and O–H groups in total. The van der Waals surface area contributed by atoms with Gasteiger partial charge in [0.05, 0.1) is 18.7 Å². The van der Waals surface area contributed by atoms with Gasteiger partial charge in [-0.1, -0.05) is 65.7 Å². The van der Waals surface area contributed by atoms with Crippen LogP contribution in [0.5, 0.6) is 0 Å². The molecular weight excluding hydrogens is 469 g/mol. The van der Waals surface area contributed by atoms with Crippen LogP contribution >= 0.6 is 23.2 Å². The molecular formula is C25H20Cl2F2N2O2. The van der Waals surface area contributed by atoms with Crippen molar-refractivity contribution in [2.45, 2.75) is 25.1 Å². The third kappa shape index (κ3) is 5.18. The van der Waals surface area contributed by atoms with Gasteiger partial charge >= 0.3 is 0 Å². The molecule has 0 radical (unpaired) electrons. The maximum atomic E-state index is 15.2. The first-order valence-corrected chi connectivity index (χ1v) is 11.1. The van der Waals surface area contributed by atoms with Crippen LogP contribution in [0.2, 0.25) is 10.0 Å². The SMILES string of the molecule is O=C(Nc1cccc(-c2ccccc2Cl)c1F)C1CC(F)CN1C(=O)Cc1cccc(Cl)c1. The highest BCUT2D eigenvalue weighted by Gasteiger charge is 2.40. The van der Waals surface area contributed by atoms with Gasteiger partial charge in [-0.2, -0.15) is 0 Å². The molecule has 0 aromatic heterocycles. The van der Waals surface area contributed by atoms with Crippen LogP contribution in [0.1, 0.15) is 12.0 Å². The van der Waals surface area contributed by atoms with Gasteiger partial charge in [-0.25, -0.2) is 8.78 Å². The van der Waals surface area contributed by atoms with Crippen molar-refractivity contribution in [2.24, 2.45) is 0 Å². The monoisotopic (exact) mass is 488 g/mol. The number of carbonyl (C=O) groups excluding carboxylic acids is 2. The Balaban J connectivity index is 1.53. The molecule has 8 heteroatoms. The first-order chi connectivity index (χ1) is 15.8. The van der Waals surface area contributed by atoms with Crippen LogP contribution in [-0.4, -0.2) is 35.5 Å². The first-order valence-electron chi connectivity index (χ1n) is 10.4. The van der Waals surface area contributed by atoms with Crippen molar-refractivity contribution in [1.82, 2.24) is 4.90 Å². The van der Waals surface area contributed by atoms with Crippen LogP contribution in [-0.2, 0) is 16.0 Å². The van der Waals surface area contributed by atoms with Gasteiger partial charge < -0.3 is 10.2 Å². The normalized spacial score (nSPS) is 17.8. The Morgan fingerprint density at radius 3 is 2.48 bits per heavy atom. The maximum absolute atomic E-state index is 15.2. The fourth-order valence-electron chi connectivity index (χ4n) is 3.96. The lowest BCUT2D eigenvalue weighted by Crippen LogP contribution is -2.44. The summed E-state index contributed by atoms with van der Waals surface area (Å²) in [6, 6.07) is 17.1. The number of nitrogens with one attached hydrogen (secondary N) is 1. The summed E-state index contributed by atoms with van der Waals surface area (Å²) in [6.45, 7) is -0.195. The third-order valence-electron chi connectivity index (χ3n) is 5.54. The van der Waals surface area contributed by atoms with E-state index in [0.717, 1.165) is 0 Å². The zero-order valence-electron chi connectivity index (χ0n) is 17.4. The molecule has 1 fully saturated rings. The summed E-state index contributed by atoms with van der Waals surface area (Å²) >= 11 is 12.2. The molecule has 1 heterocycles. The Kier molecular flexibility index (Phi) is 6.96. The van der Waals surface area contributed by atoms with Gasteiger partial charge in [0, 0.05) is 27.6 Å². The highest BCUT2D eigenvalue weighted by molar-refractivity contribution is 6.33. The number of benzene rings is 3. The third-order valence-corrected chi connectivity index (χ3v) is 6.10. The molecule has 1 aliphatic rings. The molecule has 3 aromatic carbocycles. The zero-order chi connectivity index (χ0) is 23.5. The number of alkyl halides is 1. The van der Waals surface area contributed by atoms with Crippen LogP contribution in [0.15, 0.2) is 66.7 Å². The summed E-state index contributed by atoms with van der Waals surface area (Å²) in [5, 5.41) is 3.37. The molecule has 4 rings (SSSR count). The van der Waals surface area contributed by atoms with Crippen LogP contribution in [0.4, 0.5) is 14.5 Å². The molecule has 2 atom stereocenters. The van der Waals surface area contributed by atoms with E-state index in [1.54, 1.807) is 60.7 Å². The van der Waals surface area contributed by atoms with Crippen molar-refractivity contribution in [1.29, 1.82) is 0 Å². The van der Waals surface area contributed by atoms with E-state index >= 15 is 4.39 Å².